The van der Waals surface area contributed by atoms with E-state index in [1.54, 1.807) is 34.6 Å². The molecule has 1 N–H and O–H groups in total. The molecule has 0 aliphatic heterocycles. The largest absolute Gasteiger partial charge is 0.493 e. The van der Waals surface area contributed by atoms with Crippen LogP contribution in [0.15, 0.2) is 24.2 Å². The summed E-state index contributed by atoms with van der Waals surface area (Å²) in [6, 6.07) is -0.790. The lowest BCUT2D eigenvalue weighted by atomic mass is 10.3. The van der Waals surface area contributed by atoms with Crippen molar-refractivity contribution in [1.82, 2.24) is 19.3 Å². The molecule has 2 rings (SSSR count). The Bertz CT molecular complexity index is 933. The number of azo groups is 1. The van der Waals surface area contributed by atoms with Crippen LogP contribution < -0.4 is 11.2 Å². The summed E-state index contributed by atoms with van der Waals surface area (Å²) in [7, 11) is 0. The lowest BCUT2D eigenvalue weighted by Crippen LogP contribution is -2.41. The second-order valence-electron chi connectivity index (χ2n) is 5.80. The predicted octanol–water partition coefficient (Wildman–Crippen LogP) is 3.12. The molecule has 2 aromatic rings. The SMILES string of the molecule is CCOOSc1nnc(N=Nc2c(O)n(C(C)C)c(=O)n(C(C)C)c2=O)s1. The van der Waals surface area contributed by atoms with Crippen molar-refractivity contribution in [3.05, 3.63) is 20.8 Å². The van der Waals surface area contributed by atoms with Gasteiger partial charge in [0.05, 0.1) is 6.61 Å². The standard InChI is InChI=1S/C14H20N6O5S2/c1-6-24-25-27-13-18-17-12(26-13)16-15-9-10(21)19(7(2)3)14(23)20(8(4)5)11(9)22/h7-8,21H,6H2,1-5H3. The van der Waals surface area contributed by atoms with Crippen LogP contribution in [0.1, 0.15) is 46.7 Å². The summed E-state index contributed by atoms with van der Waals surface area (Å²) in [4.78, 5) is 29.8. The topological polar surface area (TPSA) is 133 Å². The van der Waals surface area contributed by atoms with Gasteiger partial charge >= 0.3 is 5.69 Å². The van der Waals surface area contributed by atoms with Crippen LogP contribution in [0, 0.1) is 0 Å². The molecule has 0 bridgehead atoms. The minimum Gasteiger partial charge on any atom is -0.493 e. The molecule has 0 saturated heterocycles. The first-order valence-electron chi connectivity index (χ1n) is 8.09. The van der Waals surface area contributed by atoms with E-state index in [9.17, 15) is 14.7 Å². The monoisotopic (exact) mass is 416 g/mol. The molecule has 0 atom stereocenters. The molecule has 0 amide bonds. The van der Waals surface area contributed by atoms with Gasteiger partial charge in [-0.2, -0.15) is 4.33 Å². The van der Waals surface area contributed by atoms with E-state index >= 15 is 0 Å². The molecule has 0 aromatic carbocycles. The van der Waals surface area contributed by atoms with Gasteiger partial charge in [-0.25, -0.2) is 9.68 Å². The third-order valence-electron chi connectivity index (χ3n) is 3.21. The highest BCUT2D eigenvalue weighted by molar-refractivity contribution is 7.96. The summed E-state index contributed by atoms with van der Waals surface area (Å²) in [6.07, 6.45) is 0. The Morgan fingerprint density at radius 2 is 1.81 bits per heavy atom. The first-order chi connectivity index (χ1) is 12.8. The first kappa shape index (κ1) is 21.2. The van der Waals surface area contributed by atoms with E-state index in [4.69, 9.17) is 9.22 Å². The van der Waals surface area contributed by atoms with E-state index in [0.29, 0.717) is 10.9 Å². The third kappa shape index (κ3) is 4.80. The van der Waals surface area contributed by atoms with Gasteiger partial charge in [0.2, 0.25) is 15.9 Å². The number of rotatable bonds is 8. The van der Waals surface area contributed by atoms with Crippen LogP contribution in [0.2, 0.25) is 0 Å². The van der Waals surface area contributed by atoms with Crippen LogP contribution in [-0.4, -0.2) is 31.0 Å². The van der Waals surface area contributed by atoms with Crippen LogP contribution in [0.5, 0.6) is 5.88 Å². The highest BCUT2D eigenvalue weighted by Gasteiger charge is 2.22. The molecular weight excluding hydrogens is 396 g/mol. The second kappa shape index (κ2) is 9.21. The van der Waals surface area contributed by atoms with E-state index in [1.807, 2.05) is 0 Å². The van der Waals surface area contributed by atoms with Crippen LogP contribution in [0.25, 0.3) is 0 Å². The van der Waals surface area contributed by atoms with Gasteiger partial charge in [-0.05, 0) is 34.6 Å². The fourth-order valence-electron chi connectivity index (χ4n) is 2.10. The fourth-order valence-corrected chi connectivity index (χ4v) is 3.22. The molecule has 0 aliphatic carbocycles. The minimum atomic E-state index is -0.730. The lowest BCUT2D eigenvalue weighted by molar-refractivity contribution is -0.185. The summed E-state index contributed by atoms with van der Waals surface area (Å²) in [5.41, 5.74) is -1.68. The maximum Gasteiger partial charge on any atom is 0.334 e. The summed E-state index contributed by atoms with van der Waals surface area (Å²) >= 11 is 1.92. The van der Waals surface area contributed by atoms with Crippen molar-refractivity contribution < 1.29 is 14.3 Å². The first-order valence-corrected chi connectivity index (χ1v) is 9.65. The Morgan fingerprint density at radius 1 is 1.15 bits per heavy atom. The summed E-state index contributed by atoms with van der Waals surface area (Å²) in [5, 5.41) is 25.8. The maximum absolute atomic E-state index is 12.6. The molecule has 11 nitrogen and oxygen atoms in total. The minimum absolute atomic E-state index is 0.148. The number of nitrogens with zero attached hydrogens (tertiary/aromatic N) is 6. The molecule has 0 unspecified atom stereocenters. The van der Waals surface area contributed by atoms with Crippen molar-refractivity contribution in [2.24, 2.45) is 10.2 Å². The van der Waals surface area contributed by atoms with E-state index in [1.165, 1.54) is 0 Å². The zero-order valence-corrected chi connectivity index (χ0v) is 17.1. The smallest absolute Gasteiger partial charge is 0.334 e. The molecule has 0 fully saturated rings. The normalized spacial score (nSPS) is 12.0. The van der Waals surface area contributed by atoms with Crippen molar-refractivity contribution in [2.75, 3.05) is 6.61 Å². The molecule has 13 heteroatoms. The highest BCUT2D eigenvalue weighted by atomic mass is 32.2. The second-order valence-corrected chi connectivity index (χ2v) is 7.70. The maximum atomic E-state index is 12.6. The van der Waals surface area contributed by atoms with E-state index in [0.717, 1.165) is 32.5 Å². The number of aromatic hydroxyl groups is 1. The molecule has 0 saturated carbocycles. The number of aromatic nitrogens is 4. The van der Waals surface area contributed by atoms with Crippen LogP contribution in [0.3, 0.4) is 0 Å². The van der Waals surface area contributed by atoms with Gasteiger partial charge in [-0.1, -0.05) is 11.3 Å². The van der Waals surface area contributed by atoms with Gasteiger partial charge in [-0.15, -0.1) is 20.4 Å². The van der Waals surface area contributed by atoms with Crippen molar-refractivity contribution >= 4 is 34.2 Å². The van der Waals surface area contributed by atoms with Crippen molar-refractivity contribution in [2.45, 2.75) is 51.0 Å². The summed E-state index contributed by atoms with van der Waals surface area (Å²) in [6.45, 7) is 8.96. The molecule has 2 heterocycles. The number of hydrogen-bond donors (Lipinski definition) is 1. The predicted molar refractivity (Wildman–Crippen MR) is 100 cm³/mol. The Balaban J connectivity index is 2.42. The summed E-state index contributed by atoms with van der Waals surface area (Å²) < 4.78 is 7.34. The van der Waals surface area contributed by atoms with Crippen molar-refractivity contribution in [3.63, 3.8) is 0 Å². The zero-order chi connectivity index (χ0) is 20.1. The van der Waals surface area contributed by atoms with Gasteiger partial charge in [0.15, 0.2) is 0 Å². The lowest BCUT2D eigenvalue weighted by Gasteiger charge is -2.17. The van der Waals surface area contributed by atoms with E-state index < -0.39 is 23.2 Å². The van der Waals surface area contributed by atoms with Gasteiger partial charge in [0, 0.05) is 12.1 Å². The quantitative estimate of drug-likeness (QED) is 0.228. The molecule has 0 spiro atoms. The fraction of sp³-hybridized carbons (Fsp3) is 0.571. The van der Waals surface area contributed by atoms with Crippen LogP contribution in [-0.2, 0) is 9.22 Å². The molecule has 0 aliphatic rings. The third-order valence-corrected chi connectivity index (χ3v) is 4.65. The van der Waals surface area contributed by atoms with Crippen molar-refractivity contribution in [3.8, 4) is 5.88 Å². The molecule has 2 aromatic heterocycles. The zero-order valence-electron chi connectivity index (χ0n) is 15.4. The van der Waals surface area contributed by atoms with Crippen LogP contribution >= 0.6 is 23.4 Å². The highest BCUT2D eigenvalue weighted by Crippen LogP contribution is 2.30. The Kier molecular flexibility index (Phi) is 7.24. The van der Waals surface area contributed by atoms with E-state index in [2.05, 4.69) is 20.4 Å². The van der Waals surface area contributed by atoms with Gasteiger partial charge < -0.3 is 5.11 Å². The molecular formula is C14H20N6O5S2. The molecule has 0 radical (unpaired) electrons. The van der Waals surface area contributed by atoms with E-state index in [-0.39, 0.29) is 16.9 Å². The van der Waals surface area contributed by atoms with Gasteiger partial charge in [0.1, 0.15) is 12.0 Å². The average Bonchev–Trinajstić information content (AvgIpc) is 3.02. The average molecular weight is 416 g/mol. The Hall–Kier alpha value is -2.09. The summed E-state index contributed by atoms with van der Waals surface area (Å²) in [5.74, 6) is -0.542. The van der Waals surface area contributed by atoms with Crippen LogP contribution in [0.4, 0.5) is 10.8 Å². The van der Waals surface area contributed by atoms with Gasteiger partial charge in [-0.3, -0.25) is 13.9 Å². The molecule has 148 valence electrons. The Morgan fingerprint density at radius 3 is 2.41 bits per heavy atom. The van der Waals surface area contributed by atoms with Gasteiger partial charge in [0.25, 0.3) is 10.7 Å². The number of hydrogen-bond acceptors (Lipinski definition) is 11. The Labute approximate surface area is 162 Å². The molecule has 27 heavy (non-hydrogen) atoms. The van der Waals surface area contributed by atoms with Crippen molar-refractivity contribution in [1.29, 1.82) is 0 Å².